The Labute approximate surface area is 129 Å². The number of halogens is 3. The number of aromatic amines is 1. The molecule has 0 bridgehead atoms. The molecule has 0 aliphatic rings. The first-order valence-corrected chi connectivity index (χ1v) is 6.84. The molecule has 6 heteroatoms. The van der Waals surface area contributed by atoms with Crippen LogP contribution in [0.1, 0.15) is 21.5 Å². The molecular formula is C17H12F3NO2. The molecule has 3 aromatic rings. The number of ether oxygens (including phenoxy) is 1. The van der Waals surface area contributed by atoms with Gasteiger partial charge in [-0.3, -0.25) is 0 Å². The molecule has 0 radical (unpaired) electrons. The van der Waals surface area contributed by atoms with Crippen LogP contribution in [0.25, 0.3) is 10.9 Å². The van der Waals surface area contributed by atoms with Crippen molar-refractivity contribution in [3.8, 4) is 0 Å². The standard InChI is InChI=1S/C17H12F3NO2/c18-17(19,20)12-6-7-15-13(8-12)14(9-21-15)16(22)23-10-11-4-2-1-3-5-11/h1-9,21H,10H2. The summed E-state index contributed by atoms with van der Waals surface area (Å²) in [5, 5.41) is 0.192. The lowest BCUT2D eigenvalue weighted by Gasteiger charge is -2.07. The molecule has 1 N–H and O–H groups in total. The molecule has 0 spiro atoms. The van der Waals surface area contributed by atoms with E-state index in [-0.39, 0.29) is 17.6 Å². The lowest BCUT2D eigenvalue weighted by Crippen LogP contribution is -2.06. The Hall–Kier alpha value is -2.76. The molecule has 118 valence electrons. The van der Waals surface area contributed by atoms with Gasteiger partial charge >= 0.3 is 12.1 Å². The Bertz CT molecular complexity index is 838. The van der Waals surface area contributed by atoms with E-state index in [0.29, 0.717) is 5.52 Å². The van der Waals surface area contributed by atoms with Gasteiger partial charge < -0.3 is 9.72 Å². The van der Waals surface area contributed by atoms with Gasteiger partial charge in [-0.05, 0) is 23.8 Å². The molecule has 0 saturated carbocycles. The number of esters is 1. The summed E-state index contributed by atoms with van der Waals surface area (Å²) in [6, 6.07) is 12.3. The number of benzene rings is 2. The number of aromatic nitrogens is 1. The van der Waals surface area contributed by atoms with Gasteiger partial charge in [0.2, 0.25) is 0 Å². The Balaban J connectivity index is 1.85. The molecule has 0 amide bonds. The summed E-state index contributed by atoms with van der Waals surface area (Å²) in [5.41, 5.74) is 0.532. The first-order chi connectivity index (χ1) is 10.9. The van der Waals surface area contributed by atoms with Crippen molar-refractivity contribution in [2.45, 2.75) is 12.8 Å². The van der Waals surface area contributed by atoms with Crippen molar-refractivity contribution < 1.29 is 22.7 Å². The van der Waals surface area contributed by atoms with E-state index in [4.69, 9.17) is 4.74 Å². The lowest BCUT2D eigenvalue weighted by atomic mass is 10.1. The van der Waals surface area contributed by atoms with Gasteiger partial charge in [-0.2, -0.15) is 13.2 Å². The minimum atomic E-state index is -4.46. The molecule has 3 nitrogen and oxygen atoms in total. The second-order valence-electron chi connectivity index (χ2n) is 5.02. The van der Waals surface area contributed by atoms with Crippen LogP contribution in [-0.2, 0) is 17.5 Å². The summed E-state index contributed by atoms with van der Waals surface area (Å²) in [7, 11) is 0. The van der Waals surface area contributed by atoms with E-state index in [1.165, 1.54) is 12.3 Å². The lowest BCUT2D eigenvalue weighted by molar-refractivity contribution is -0.137. The Morgan fingerprint density at radius 1 is 1.09 bits per heavy atom. The number of carbonyl (C=O) groups is 1. The van der Waals surface area contributed by atoms with Crippen molar-refractivity contribution in [1.82, 2.24) is 4.98 Å². The highest BCUT2D eigenvalue weighted by molar-refractivity contribution is 6.04. The van der Waals surface area contributed by atoms with Crippen LogP contribution in [0, 0.1) is 0 Å². The van der Waals surface area contributed by atoms with Crippen LogP contribution in [0.2, 0.25) is 0 Å². The smallest absolute Gasteiger partial charge is 0.416 e. The topological polar surface area (TPSA) is 42.1 Å². The van der Waals surface area contributed by atoms with Crippen molar-refractivity contribution in [1.29, 1.82) is 0 Å². The third-order valence-corrected chi connectivity index (χ3v) is 3.44. The molecule has 0 fully saturated rings. The third kappa shape index (κ3) is 3.21. The Morgan fingerprint density at radius 3 is 2.52 bits per heavy atom. The Kier molecular flexibility index (Phi) is 3.82. The van der Waals surface area contributed by atoms with Crippen LogP contribution in [0.15, 0.2) is 54.7 Å². The molecule has 23 heavy (non-hydrogen) atoms. The van der Waals surface area contributed by atoms with Gasteiger partial charge in [0.05, 0.1) is 11.1 Å². The number of alkyl halides is 3. The highest BCUT2D eigenvalue weighted by atomic mass is 19.4. The number of carbonyl (C=O) groups excluding carboxylic acids is 1. The number of fused-ring (bicyclic) bond motifs is 1. The average Bonchev–Trinajstić information content (AvgIpc) is 2.96. The molecule has 1 heterocycles. The molecule has 0 atom stereocenters. The zero-order valence-electron chi connectivity index (χ0n) is 11.9. The van der Waals surface area contributed by atoms with Crippen LogP contribution in [0.5, 0.6) is 0 Å². The Morgan fingerprint density at radius 2 is 1.83 bits per heavy atom. The summed E-state index contributed by atoms with van der Waals surface area (Å²) >= 11 is 0. The molecule has 0 saturated heterocycles. The van der Waals surface area contributed by atoms with Gasteiger partial charge in [0.1, 0.15) is 6.61 Å². The first-order valence-electron chi connectivity index (χ1n) is 6.84. The zero-order chi connectivity index (χ0) is 16.4. The first kappa shape index (κ1) is 15.1. The molecule has 0 aliphatic heterocycles. The number of H-pyrrole nitrogens is 1. The largest absolute Gasteiger partial charge is 0.457 e. The zero-order valence-corrected chi connectivity index (χ0v) is 11.9. The fourth-order valence-corrected chi connectivity index (χ4v) is 2.27. The van der Waals surface area contributed by atoms with Gasteiger partial charge in [0.25, 0.3) is 0 Å². The predicted molar refractivity (Wildman–Crippen MR) is 78.9 cm³/mol. The highest BCUT2D eigenvalue weighted by Crippen LogP contribution is 2.32. The maximum absolute atomic E-state index is 12.8. The summed E-state index contributed by atoms with van der Waals surface area (Å²) in [5.74, 6) is -0.667. The molecule has 3 rings (SSSR count). The SMILES string of the molecule is O=C(OCc1ccccc1)c1c[nH]c2ccc(C(F)(F)F)cc12. The minimum absolute atomic E-state index is 0.0608. The van der Waals surface area contributed by atoms with Crippen molar-refractivity contribution in [3.63, 3.8) is 0 Å². The fourth-order valence-electron chi connectivity index (χ4n) is 2.27. The van der Waals surface area contributed by atoms with Crippen LogP contribution in [-0.4, -0.2) is 11.0 Å². The second-order valence-corrected chi connectivity index (χ2v) is 5.02. The van der Waals surface area contributed by atoms with Crippen molar-refractivity contribution in [2.24, 2.45) is 0 Å². The van der Waals surface area contributed by atoms with E-state index in [1.807, 2.05) is 18.2 Å². The summed E-state index contributed by atoms with van der Waals surface area (Å²) in [4.78, 5) is 14.9. The van der Waals surface area contributed by atoms with Gasteiger partial charge in [-0.1, -0.05) is 30.3 Å². The van der Waals surface area contributed by atoms with E-state index in [9.17, 15) is 18.0 Å². The van der Waals surface area contributed by atoms with Crippen LogP contribution in [0.3, 0.4) is 0 Å². The van der Waals surface area contributed by atoms with E-state index >= 15 is 0 Å². The molecular weight excluding hydrogens is 307 g/mol. The predicted octanol–water partition coefficient (Wildman–Crippen LogP) is 4.54. The van der Waals surface area contributed by atoms with E-state index in [0.717, 1.165) is 17.7 Å². The van der Waals surface area contributed by atoms with Crippen molar-refractivity contribution in [2.75, 3.05) is 0 Å². The molecule has 2 aromatic carbocycles. The minimum Gasteiger partial charge on any atom is -0.457 e. The van der Waals surface area contributed by atoms with E-state index < -0.39 is 17.7 Å². The highest BCUT2D eigenvalue weighted by Gasteiger charge is 2.31. The second kappa shape index (κ2) is 5.79. The summed E-state index contributed by atoms with van der Waals surface area (Å²) in [6.07, 6.45) is -3.10. The third-order valence-electron chi connectivity index (χ3n) is 3.44. The quantitative estimate of drug-likeness (QED) is 0.720. The molecule has 1 aromatic heterocycles. The maximum atomic E-state index is 12.8. The van der Waals surface area contributed by atoms with E-state index in [1.54, 1.807) is 12.1 Å². The van der Waals surface area contributed by atoms with E-state index in [2.05, 4.69) is 4.98 Å². The molecule has 0 unspecified atom stereocenters. The monoisotopic (exact) mass is 319 g/mol. The van der Waals surface area contributed by atoms with Gasteiger partial charge in [-0.15, -0.1) is 0 Å². The van der Waals surface area contributed by atoms with Gasteiger partial charge in [0.15, 0.2) is 0 Å². The summed E-state index contributed by atoms with van der Waals surface area (Å²) < 4.78 is 43.6. The fraction of sp³-hybridized carbons (Fsp3) is 0.118. The normalized spacial score (nSPS) is 11.6. The van der Waals surface area contributed by atoms with Gasteiger partial charge in [-0.25, -0.2) is 4.79 Å². The summed E-state index contributed by atoms with van der Waals surface area (Å²) in [6.45, 7) is 0.0608. The maximum Gasteiger partial charge on any atom is 0.416 e. The number of hydrogen-bond donors (Lipinski definition) is 1. The van der Waals surface area contributed by atoms with Crippen LogP contribution >= 0.6 is 0 Å². The number of rotatable bonds is 3. The van der Waals surface area contributed by atoms with Crippen molar-refractivity contribution >= 4 is 16.9 Å². The van der Waals surface area contributed by atoms with Crippen LogP contribution < -0.4 is 0 Å². The number of nitrogens with one attached hydrogen (secondary N) is 1. The average molecular weight is 319 g/mol. The van der Waals surface area contributed by atoms with Gasteiger partial charge in [0, 0.05) is 17.1 Å². The van der Waals surface area contributed by atoms with Crippen molar-refractivity contribution in [3.05, 3.63) is 71.4 Å². The van der Waals surface area contributed by atoms with Crippen LogP contribution in [0.4, 0.5) is 13.2 Å². The molecule has 0 aliphatic carbocycles. The number of hydrogen-bond acceptors (Lipinski definition) is 2.